The zero-order valence-corrected chi connectivity index (χ0v) is 16.2. The molecule has 0 unspecified atom stereocenters. The molecule has 1 fully saturated rings. The van der Waals surface area contributed by atoms with Gasteiger partial charge in [-0.2, -0.15) is 0 Å². The highest BCUT2D eigenvalue weighted by Crippen LogP contribution is 2.18. The number of benzene rings is 2. The van der Waals surface area contributed by atoms with E-state index in [-0.39, 0.29) is 0 Å². The molecule has 2 N–H and O–H groups in total. The van der Waals surface area contributed by atoms with E-state index >= 15 is 0 Å². The molecule has 148 valence electrons. The van der Waals surface area contributed by atoms with Crippen LogP contribution in [0.1, 0.15) is 35.6 Å². The maximum absolute atomic E-state index is 12.6. The number of rotatable bonds is 7. The summed E-state index contributed by atoms with van der Waals surface area (Å²) in [4.78, 5) is 28.2. The van der Waals surface area contributed by atoms with Crippen LogP contribution in [0.15, 0.2) is 54.6 Å². The van der Waals surface area contributed by atoms with Gasteiger partial charge in [0.1, 0.15) is 0 Å². The molecule has 0 radical (unpaired) electrons. The Kier molecular flexibility index (Phi) is 6.66. The molecular formula is C22H27N3O3. The summed E-state index contributed by atoms with van der Waals surface area (Å²) in [6.45, 7) is 3.54. The lowest BCUT2D eigenvalue weighted by atomic mass is 10.1. The second-order valence-electron chi connectivity index (χ2n) is 7.24. The summed E-state index contributed by atoms with van der Waals surface area (Å²) in [5.41, 5.74) is 2.84. The lowest BCUT2D eigenvalue weighted by molar-refractivity contribution is -0.139. The minimum absolute atomic E-state index is 0.410. The van der Waals surface area contributed by atoms with Crippen LogP contribution in [0.25, 0.3) is 0 Å². The molecule has 0 bridgehead atoms. The highest BCUT2D eigenvalue weighted by molar-refractivity contribution is 5.83. The fraction of sp³-hybridized carbons (Fsp3) is 0.364. The number of nitrogens with zero attached hydrogens (tertiary/aromatic N) is 2. The summed E-state index contributed by atoms with van der Waals surface area (Å²) in [5.74, 6) is -1.08. The Morgan fingerprint density at radius 3 is 2.29 bits per heavy atom. The molecule has 6 nitrogen and oxygen atoms in total. The van der Waals surface area contributed by atoms with Crippen LogP contribution in [0.2, 0.25) is 0 Å². The van der Waals surface area contributed by atoms with E-state index in [0.29, 0.717) is 12.1 Å². The van der Waals surface area contributed by atoms with Gasteiger partial charge in [-0.15, -0.1) is 0 Å². The minimum atomic E-state index is -1.08. The summed E-state index contributed by atoms with van der Waals surface area (Å²) >= 11 is 0. The van der Waals surface area contributed by atoms with Crippen molar-refractivity contribution < 1.29 is 14.7 Å². The SMILES string of the molecule is CN(Cc1ccccc1CN1CCCC1)C(=O)N[C@H](C(=O)O)c1ccccc1. The van der Waals surface area contributed by atoms with Crippen molar-refractivity contribution >= 4 is 12.0 Å². The summed E-state index contributed by atoms with van der Waals surface area (Å²) < 4.78 is 0. The number of carbonyl (C=O) groups is 2. The van der Waals surface area contributed by atoms with E-state index in [9.17, 15) is 14.7 Å². The largest absolute Gasteiger partial charge is 0.479 e. The number of nitrogens with one attached hydrogen (secondary N) is 1. The van der Waals surface area contributed by atoms with E-state index in [1.54, 1.807) is 31.3 Å². The van der Waals surface area contributed by atoms with Crippen molar-refractivity contribution in [1.82, 2.24) is 15.1 Å². The van der Waals surface area contributed by atoms with Gasteiger partial charge in [0, 0.05) is 20.1 Å². The minimum Gasteiger partial charge on any atom is -0.479 e. The molecule has 1 heterocycles. The quantitative estimate of drug-likeness (QED) is 0.772. The molecule has 2 aromatic carbocycles. The first-order valence-corrected chi connectivity index (χ1v) is 9.63. The summed E-state index contributed by atoms with van der Waals surface area (Å²) in [5, 5.41) is 12.1. The molecule has 0 aliphatic carbocycles. The van der Waals surface area contributed by atoms with E-state index in [1.165, 1.54) is 23.3 Å². The van der Waals surface area contributed by atoms with E-state index in [2.05, 4.69) is 16.3 Å². The van der Waals surface area contributed by atoms with E-state index in [1.807, 2.05) is 24.3 Å². The van der Waals surface area contributed by atoms with Crippen LogP contribution >= 0.6 is 0 Å². The Balaban J connectivity index is 1.66. The maximum atomic E-state index is 12.6. The topological polar surface area (TPSA) is 72.9 Å². The van der Waals surface area contributed by atoms with Gasteiger partial charge < -0.3 is 15.3 Å². The standard InChI is InChI=1S/C22H27N3O3/c1-24(22(28)23-20(21(26)27)17-9-3-2-4-10-17)15-18-11-5-6-12-19(18)16-25-13-7-8-14-25/h2-6,9-12,20H,7-8,13-16H2,1H3,(H,23,28)(H,26,27)/t20-/m0/s1. The molecular weight excluding hydrogens is 354 g/mol. The first-order chi connectivity index (χ1) is 13.5. The van der Waals surface area contributed by atoms with E-state index < -0.39 is 18.0 Å². The van der Waals surface area contributed by atoms with Crippen molar-refractivity contribution in [3.8, 4) is 0 Å². The molecule has 0 aromatic heterocycles. The summed E-state index contributed by atoms with van der Waals surface area (Å²) in [7, 11) is 1.69. The Morgan fingerprint density at radius 2 is 1.64 bits per heavy atom. The predicted molar refractivity (Wildman–Crippen MR) is 108 cm³/mol. The Bertz CT molecular complexity index is 804. The van der Waals surface area contributed by atoms with Crippen LogP contribution < -0.4 is 5.32 Å². The van der Waals surface area contributed by atoms with Crippen molar-refractivity contribution in [1.29, 1.82) is 0 Å². The van der Waals surface area contributed by atoms with Gasteiger partial charge in [0.15, 0.2) is 6.04 Å². The van der Waals surface area contributed by atoms with Crippen molar-refractivity contribution in [2.75, 3.05) is 20.1 Å². The van der Waals surface area contributed by atoms with Crippen LogP contribution in [0.4, 0.5) is 4.79 Å². The highest BCUT2D eigenvalue weighted by Gasteiger charge is 2.24. The fourth-order valence-electron chi connectivity index (χ4n) is 3.54. The van der Waals surface area contributed by atoms with Crippen molar-refractivity contribution in [3.63, 3.8) is 0 Å². The third-order valence-corrected chi connectivity index (χ3v) is 5.11. The Labute approximate surface area is 165 Å². The number of amides is 2. The van der Waals surface area contributed by atoms with Crippen LogP contribution in [-0.4, -0.2) is 47.0 Å². The molecule has 2 amide bonds. The molecule has 1 saturated heterocycles. The van der Waals surface area contributed by atoms with Gasteiger partial charge in [0.05, 0.1) is 0 Å². The van der Waals surface area contributed by atoms with Gasteiger partial charge in [0.25, 0.3) is 0 Å². The van der Waals surface area contributed by atoms with Crippen LogP contribution in [-0.2, 0) is 17.9 Å². The lowest BCUT2D eigenvalue weighted by Crippen LogP contribution is -2.41. The molecule has 1 atom stereocenters. The second kappa shape index (κ2) is 9.37. The monoisotopic (exact) mass is 381 g/mol. The molecule has 1 aliphatic rings. The summed E-state index contributed by atoms with van der Waals surface area (Å²) in [6, 6.07) is 15.4. The molecule has 3 rings (SSSR count). The van der Waals surface area contributed by atoms with Crippen LogP contribution in [0, 0.1) is 0 Å². The molecule has 0 spiro atoms. The summed E-state index contributed by atoms with van der Waals surface area (Å²) in [6.07, 6.45) is 2.47. The third-order valence-electron chi connectivity index (χ3n) is 5.11. The van der Waals surface area contributed by atoms with Crippen molar-refractivity contribution in [2.45, 2.75) is 32.0 Å². The number of hydrogen-bond donors (Lipinski definition) is 2. The van der Waals surface area contributed by atoms with Crippen LogP contribution in [0.5, 0.6) is 0 Å². The highest BCUT2D eigenvalue weighted by atomic mass is 16.4. The molecule has 28 heavy (non-hydrogen) atoms. The average Bonchev–Trinajstić information content (AvgIpc) is 3.21. The molecule has 0 saturated carbocycles. The number of hydrogen-bond acceptors (Lipinski definition) is 3. The van der Waals surface area contributed by atoms with Crippen molar-refractivity contribution in [2.24, 2.45) is 0 Å². The smallest absolute Gasteiger partial charge is 0.330 e. The first-order valence-electron chi connectivity index (χ1n) is 9.63. The molecule has 2 aromatic rings. The van der Waals surface area contributed by atoms with Crippen LogP contribution in [0.3, 0.4) is 0 Å². The predicted octanol–water partition coefficient (Wildman–Crippen LogP) is 3.25. The normalized spacial score (nSPS) is 15.2. The third kappa shape index (κ3) is 5.10. The number of aliphatic carboxylic acids is 1. The van der Waals surface area contributed by atoms with Gasteiger partial charge in [-0.1, -0.05) is 54.6 Å². The van der Waals surface area contributed by atoms with Gasteiger partial charge in [0.2, 0.25) is 0 Å². The number of carbonyl (C=O) groups excluding carboxylic acids is 1. The van der Waals surface area contributed by atoms with Gasteiger partial charge in [-0.3, -0.25) is 4.90 Å². The second-order valence-corrected chi connectivity index (χ2v) is 7.24. The molecule has 1 aliphatic heterocycles. The lowest BCUT2D eigenvalue weighted by Gasteiger charge is -2.24. The van der Waals surface area contributed by atoms with E-state index in [4.69, 9.17) is 0 Å². The van der Waals surface area contributed by atoms with Crippen molar-refractivity contribution in [3.05, 3.63) is 71.3 Å². The molecule has 6 heteroatoms. The fourth-order valence-corrected chi connectivity index (χ4v) is 3.54. The number of carboxylic acid groups (broad SMARTS) is 1. The number of carboxylic acids is 1. The zero-order valence-electron chi connectivity index (χ0n) is 16.2. The average molecular weight is 381 g/mol. The van der Waals surface area contributed by atoms with E-state index in [0.717, 1.165) is 25.2 Å². The zero-order chi connectivity index (χ0) is 19.9. The first kappa shape index (κ1) is 19.9. The Morgan fingerprint density at radius 1 is 1.04 bits per heavy atom. The van der Waals surface area contributed by atoms with Gasteiger partial charge in [-0.05, 0) is 42.6 Å². The number of likely N-dealkylation sites (tertiary alicyclic amines) is 1. The number of urea groups is 1. The Hall–Kier alpha value is -2.86. The van der Waals surface area contributed by atoms with Gasteiger partial charge in [-0.25, -0.2) is 9.59 Å². The van der Waals surface area contributed by atoms with Gasteiger partial charge >= 0.3 is 12.0 Å². The maximum Gasteiger partial charge on any atom is 0.330 e.